The van der Waals surface area contributed by atoms with E-state index in [4.69, 9.17) is 10.7 Å². The first-order chi connectivity index (χ1) is 7.71. The molecule has 96 valence electrons. The highest BCUT2D eigenvalue weighted by Gasteiger charge is 2.21. The lowest BCUT2D eigenvalue weighted by Crippen LogP contribution is -2.31. The van der Waals surface area contributed by atoms with E-state index in [9.17, 15) is 22.0 Å². The van der Waals surface area contributed by atoms with Crippen LogP contribution in [0.1, 0.15) is 17.8 Å². The molecule has 0 bridgehead atoms. The second-order valence-corrected chi connectivity index (χ2v) is 7.03. The van der Waals surface area contributed by atoms with E-state index >= 15 is 0 Å². The summed E-state index contributed by atoms with van der Waals surface area (Å²) in [6, 6.07) is 1.97. The highest BCUT2D eigenvalue weighted by Crippen LogP contribution is 2.28. The number of rotatable bonds is 4. The van der Waals surface area contributed by atoms with Crippen molar-refractivity contribution < 1.29 is 22.0 Å². The van der Waals surface area contributed by atoms with Crippen LogP contribution in [0.25, 0.3) is 0 Å². The minimum Gasteiger partial charge on any atom is -0.344 e. The lowest BCUT2D eigenvalue weighted by molar-refractivity contribution is -0.132. The van der Waals surface area contributed by atoms with Gasteiger partial charge in [-0.1, -0.05) is 0 Å². The van der Waals surface area contributed by atoms with E-state index in [-0.39, 0.29) is 4.21 Å². The summed E-state index contributed by atoms with van der Waals surface area (Å²) in [6.45, 7) is 1.47. The Morgan fingerprint density at radius 1 is 1.47 bits per heavy atom. The highest BCUT2D eigenvalue weighted by atomic mass is 35.7. The maximum atomic E-state index is 12.0. The Bertz CT molecular complexity index is 515. The summed E-state index contributed by atoms with van der Waals surface area (Å²) in [4.78, 5) is 11.2. The van der Waals surface area contributed by atoms with Gasteiger partial charge >= 0.3 is 6.43 Å². The van der Waals surface area contributed by atoms with Crippen LogP contribution in [0.5, 0.6) is 0 Å². The summed E-state index contributed by atoms with van der Waals surface area (Å²) < 4.78 is 45.8. The summed E-state index contributed by atoms with van der Waals surface area (Å²) >= 11 is 0.822. The average Bonchev–Trinajstić information content (AvgIpc) is 2.65. The lowest BCUT2D eigenvalue weighted by Gasteiger charge is -2.11. The Hall–Kier alpha value is -0.730. The Morgan fingerprint density at radius 3 is 2.47 bits per heavy atom. The quantitative estimate of drug-likeness (QED) is 0.867. The molecule has 0 aliphatic heterocycles. The van der Waals surface area contributed by atoms with E-state index in [2.05, 4.69) is 0 Å². The Morgan fingerprint density at radius 2 is 2.06 bits per heavy atom. The van der Waals surface area contributed by atoms with Crippen LogP contribution in [0, 0.1) is 0 Å². The molecule has 1 rings (SSSR count). The van der Waals surface area contributed by atoms with Gasteiger partial charge in [0.25, 0.3) is 15.0 Å². The second kappa shape index (κ2) is 5.28. The molecule has 1 atom stereocenters. The number of alkyl halides is 2. The SMILES string of the molecule is CC(NC(=O)C(F)F)c1ccc(S(=O)(=O)Cl)s1. The molecule has 0 saturated carbocycles. The van der Waals surface area contributed by atoms with Gasteiger partial charge in [0.05, 0.1) is 6.04 Å². The monoisotopic (exact) mass is 303 g/mol. The van der Waals surface area contributed by atoms with Gasteiger partial charge in [-0.15, -0.1) is 11.3 Å². The van der Waals surface area contributed by atoms with Crippen LogP contribution in [-0.2, 0) is 13.8 Å². The molecule has 1 amide bonds. The Balaban J connectivity index is 2.81. The smallest absolute Gasteiger partial charge is 0.315 e. The van der Waals surface area contributed by atoms with Crippen LogP contribution in [0.4, 0.5) is 8.78 Å². The molecular weight excluding hydrogens is 296 g/mol. The standard InChI is InChI=1S/C8H8ClF2NO3S2/c1-4(12-8(13)7(10)11)5-2-3-6(16-5)17(9,14)15/h2-4,7H,1H3,(H,12,13). The van der Waals surface area contributed by atoms with Crippen LogP contribution in [0.3, 0.4) is 0 Å². The number of halogens is 3. The summed E-state index contributed by atoms with van der Waals surface area (Å²) in [7, 11) is 1.28. The average molecular weight is 304 g/mol. The van der Waals surface area contributed by atoms with Gasteiger partial charge in [0, 0.05) is 15.6 Å². The van der Waals surface area contributed by atoms with Crippen molar-refractivity contribution in [3.63, 3.8) is 0 Å². The van der Waals surface area contributed by atoms with Gasteiger partial charge in [-0.25, -0.2) is 8.42 Å². The molecule has 0 aromatic carbocycles. The van der Waals surface area contributed by atoms with Gasteiger partial charge in [0.2, 0.25) is 0 Å². The number of carbonyl (C=O) groups excluding carboxylic acids is 1. The Kier molecular flexibility index (Phi) is 4.45. The van der Waals surface area contributed by atoms with Crippen LogP contribution in [0.15, 0.2) is 16.3 Å². The maximum Gasteiger partial charge on any atom is 0.315 e. The number of nitrogens with one attached hydrogen (secondary N) is 1. The molecule has 1 aromatic heterocycles. The molecule has 17 heavy (non-hydrogen) atoms. The molecule has 4 nitrogen and oxygen atoms in total. The third-order valence-corrected chi connectivity index (χ3v) is 5.19. The number of thiophene rings is 1. The van der Waals surface area contributed by atoms with Crippen molar-refractivity contribution in [2.24, 2.45) is 0 Å². The van der Waals surface area contributed by atoms with Crippen molar-refractivity contribution in [2.75, 3.05) is 0 Å². The predicted octanol–water partition coefficient (Wildman–Crippen LogP) is 2.12. The van der Waals surface area contributed by atoms with Crippen LogP contribution in [0.2, 0.25) is 0 Å². The summed E-state index contributed by atoms with van der Waals surface area (Å²) in [5.74, 6) is -1.40. The molecular formula is C8H8ClF2NO3S2. The highest BCUT2D eigenvalue weighted by molar-refractivity contribution is 8.15. The van der Waals surface area contributed by atoms with Gasteiger partial charge < -0.3 is 5.32 Å². The van der Waals surface area contributed by atoms with Gasteiger partial charge in [-0.3, -0.25) is 4.79 Å². The number of amides is 1. The fourth-order valence-electron chi connectivity index (χ4n) is 1.05. The third-order valence-electron chi connectivity index (χ3n) is 1.83. The number of hydrogen-bond donors (Lipinski definition) is 1. The lowest BCUT2D eigenvalue weighted by atomic mass is 10.3. The van der Waals surface area contributed by atoms with E-state index in [1.807, 2.05) is 5.32 Å². The summed E-state index contributed by atoms with van der Waals surface area (Å²) in [5.41, 5.74) is 0. The van der Waals surface area contributed by atoms with Crippen molar-refractivity contribution in [1.82, 2.24) is 5.32 Å². The second-order valence-electron chi connectivity index (χ2n) is 3.13. The van der Waals surface area contributed by atoms with E-state index in [0.717, 1.165) is 11.3 Å². The maximum absolute atomic E-state index is 12.0. The van der Waals surface area contributed by atoms with Crippen molar-refractivity contribution in [2.45, 2.75) is 23.6 Å². The van der Waals surface area contributed by atoms with Crippen LogP contribution >= 0.6 is 22.0 Å². The zero-order valence-electron chi connectivity index (χ0n) is 8.48. The Labute approximate surface area is 105 Å². The molecule has 0 radical (unpaired) electrons. The number of carbonyl (C=O) groups is 1. The van der Waals surface area contributed by atoms with Gasteiger partial charge in [-0.05, 0) is 19.1 Å². The minimum absolute atomic E-state index is 0.0905. The van der Waals surface area contributed by atoms with Crippen LogP contribution < -0.4 is 5.32 Å². The largest absolute Gasteiger partial charge is 0.344 e. The fourth-order valence-corrected chi connectivity index (χ4v) is 3.14. The molecule has 1 heterocycles. The minimum atomic E-state index is -3.83. The fraction of sp³-hybridized carbons (Fsp3) is 0.375. The first-order valence-electron chi connectivity index (χ1n) is 4.34. The van der Waals surface area contributed by atoms with E-state index in [1.165, 1.54) is 19.1 Å². The topological polar surface area (TPSA) is 63.2 Å². The first kappa shape index (κ1) is 14.3. The van der Waals surface area contributed by atoms with Gasteiger partial charge in [-0.2, -0.15) is 8.78 Å². The third kappa shape index (κ3) is 3.90. The first-order valence-corrected chi connectivity index (χ1v) is 7.47. The summed E-state index contributed by atoms with van der Waals surface area (Å²) in [6.07, 6.45) is -3.10. The summed E-state index contributed by atoms with van der Waals surface area (Å²) in [5, 5.41) is 2.04. The molecule has 0 fully saturated rings. The molecule has 0 aliphatic rings. The van der Waals surface area contributed by atoms with Crippen molar-refractivity contribution in [3.8, 4) is 0 Å². The molecule has 0 saturated heterocycles. The molecule has 1 aromatic rings. The molecule has 0 spiro atoms. The van der Waals surface area contributed by atoms with Crippen molar-refractivity contribution in [1.29, 1.82) is 0 Å². The van der Waals surface area contributed by atoms with Crippen molar-refractivity contribution >= 4 is 37.0 Å². The number of hydrogen-bond acceptors (Lipinski definition) is 4. The van der Waals surface area contributed by atoms with E-state index in [0.29, 0.717) is 4.88 Å². The molecule has 1 unspecified atom stereocenters. The van der Waals surface area contributed by atoms with E-state index in [1.54, 1.807) is 0 Å². The molecule has 9 heteroatoms. The van der Waals surface area contributed by atoms with Gasteiger partial charge in [0.1, 0.15) is 4.21 Å². The van der Waals surface area contributed by atoms with Crippen molar-refractivity contribution in [3.05, 3.63) is 17.0 Å². The zero-order chi connectivity index (χ0) is 13.2. The normalized spacial score (nSPS) is 13.7. The molecule has 1 N–H and O–H groups in total. The van der Waals surface area contributed by atoms with Gasteiger partial charge in [0.15, 0.2) is 0 Å². The zero-order valence-corrected chi connectivity index (χ0v) is 10.9. The molecule has 0 aliphatic carbocycles. The predicted molar refractivity (Wildman–Crippen MR) is 59.9 cm³/mol. The van der Waals surface area contributed by atoms with Crippen LogP contribution in [-0.4, -0.2) is 20.8 Å². The van der Waals surface area contributed by atoms with E-state index < -0.39 is 27.4 Å².